The molecule has 1 heterocycles. The molecule has 0 aliphatic heterocycles. The van der Waals surface area contributed by atoms with Gasteiger partial charge in [-0.05, 0) is 36.6 Å². The number of phenols is 1. The van der Waals surface area contributed by atoms with E-state index in [9.17, 15) is 24.6 Å². The van der Waals surface area contributed by atoms with E-state index in [1.807, 2.05) is 13.8 Å². The maximum Gasteiger partial charge on any atom is 0.326 e. The first-order chi connectivity index (χ1) is 14.8. The number of benzene rings is 1. The van der Waals surface area contributed by atoms with Gasteiger partial charge in [-0.25, -0.2) is 9.78 Å². The van der Waals surface area contributed by atoms with E-state index in [4.69, 9.17) is 0 Å². The number of phenolic OH excluding ortho intramolecular Hbond substituents is 1. The van der Waals surface area contributed by atoms with Crippen LogP contribution in [0.1, 0.15) is 36.3 Å². The lowest BCUT2D eigenvalue weighted by atomic mass is 10.0. The number of H-pyrrole nitrogens is 1. The number of carboxylic acid groups (broad SMARTS) is 1. The van der Waals surface area contributed by atoms with Crippen LogP contribution in [0.4, 0.5) is 0 Å². The Morgan fingerprint density at radius 3 is 2.39 bits per heavy atom. The van der Waals surface area contributed by atoms with Crippen LogP contribution in [0.25, 0.3) is 0 Å². The number of carbonyl (C=O) groups is 3. The van der Waals surface area contributed by atoms with Crippen molar-refractivity contribution in [3.63, 3.8) is 0 Å². The lowest BCUT2D eigenvalue weighted by Crippen LogP contribution is -2.52. The summed E-state index contributed by atoms with van der Waals surface area (Å²) in [5.74, 6) is -1.66. The SMILES string of the molecule is CC(C)C[C@H](NC(=O)[C@H](Cc1c[nH]cn1)NCCNC(=O)c1ccc(O)cc1)C(=O)O. The molecule has 31 heavy (non-hydrogen) atoms. The van der Waals surface area contributed by atoms with Crippen molar-refractivity contribution in [1.29, 1.82) is 0 Å². The van der Waals surface area contributed by atoms with Crippen molar-refractivity contribution in [3.8, 4) is 5.75 Å². The fourth-order valence-electron chi connectivity index (χ4n) is 2.97. The second-order valence-electron chi connectivity index (χ2n) is 7.60. The summed E-state index contributed by atoms with van der Waals surface area (Å²) in [6.45, 7) is 4.31. The minimum atomic E-state index is -1.08. The van der Waals surface area contributed by atoms with Gasteiger partial charge in [0.2, 0.25) is 5.91 Å². The number of rotatable bonds is 12. The second-order valence-corrected chi connectivity index (χ2v) is 7.60. The summed E-state index contributed by atoms with van der Waals surface area (Å²) < 4.78 is 0. The van der Waals surface area contributed by atoms with Gasteiger partial charge in [0.25, 0.3) is 5.91 Å². The van der Waals surface area contributed by atoms with Gasteiger partial charge in [0.05, 0.1) is 18.1 Å². The molecule has 0 saturated heterocycles. The number of aromatic amines is 1. The van der Waals surface area contributed by atoms with Gasteiger partial charge in [0, 0.05) is 31.3 Å². The number of hydrogen-bond donors (Lipinski definition) is 6. The van der Waals surface area contributed by atoms with Crippen LogP contribution < -0.4 is 16.0 Å². The number of aromatic hydroxyl groups is 1. The van der Waals surface area contributed by atoms with E-state index in [0.717, 1.165) is 0 Å². The topological polar surface area (TPSA) is 156 Å². The Labute approximate surface area is 180 Å². The highest BCUT2D eigenvalue weighted by Crippen LogP contribution is 2.09. The fraction of sp³-hybridized carbons (Fsp3) is 0.429. The number of aliphatic carboxylic acids is 1. The van der Waals surface area contributed by atoms with Crippen LogP contribution in [-0.2, 0) is 16.0 Å². The van der Waals surface area contributed by atoms with E-state index in [1.165, 1.54) is 30.6 Å². The maximum absolute atomic E-state index is 12.8. The van der Waals surface area contributed by atoms with Gasteiger partial charge in [-0.1, -0.05) is 13.8 Å². The van der Waals surface area contributed by atoms with Crippen LogP contribution in [-0.4, -0.2) is 63.1 Å². The van der Waals surface area contributed by atoms with E-state index < -0.39 is 24.0 Å². The third-order valence-electron chi connectivity index (χ3n) is 4.54. The summed E-state index contributed by atoms with van der Waals surface area (Å²) in [5, 5.41) is 27.1. The first-order valence-electron chi connectivity index (χ1n) is 10.1. The molecule has 2 rings (SSSR count). The van der Waals surface area contributed by atoms with E-state index in [-0.39, 0.29) is 37.1 Å². The number of carboxylic acids is 1. The molecular weight excluding hydrogens is 402 g/mol. The normalized spacial score (nSPS) is 12.9. The highest BCUT2D eigenvalue weighted by atomic mass is 16.4. The molecule has 0 aliphatic rings. The quantitative estimate of drug-likeness (QED) is 0.270. The van der Waals surface area contributed by atoms with Crippen LogP contribution in [0.15, 0.2) is 36.8 Å². The van der Waals surface area contributed by atoms with Gasteiger partial charge < -0.3 is 31.1 Å². The van der Waals surface area contributed by atoms with E-state index >= 15 is 0 Å². The maximum atomic E-state index is 12.8. The first kappa shape index (κ1) is 23.9. The molecule has 0 fully saturated rings. The van der Waals surface area contributed by atoms with Crippen LogP contribution in [0.2, 0.25) is 0 Å². The summed E-state index contributed by atoms with van der Waals surface area (Å²) in [4.78, 5) is 43.3. The van der Waals surface area contributed by atoms with Gasteiger partial charge in [-0.2, -0.15) is 0 Å². The Morgan fingerprint density at radius 1 is 1.10 bits per heavy atom. The molecule has 0 radical (unpaired) electrons. The molecule has 1 aromatic heterocycles. The number of carbonyl (C=O) groups excluding carboxylic acids is 2. The van der Waals surface area contributed by atoms with Crippen molar-refractivity contribution < 1.29 is 24.6 Å². The number of nitrogens with zero attached hydrogens (tertiary/aromatic N) is 1. The van der Waals surface area contributed by atoms with Crippen LogP contribution in [0.5, 0.6) is 5.75 Å². The molecular formula is C21H29N5O5. The minimum Gasteiger partial charge on any atom is -0.508 e. The Bertz CT molecular complexity index is 852. The zero-order chi connectivity index (χ0) is 22.8. The molecule has 0 saturated carbocycles. The largest absolute Gasteiger partial charge is 0.508 e. The zero-order valence-electron chi connectivity index (χ0n) is 17.6. The van der Waals surface area contributed by atoms with Crippen molar-refractivity contribution in [2.75, 3.05) is 13.1 Å². The molecule has 0 aliphatic carbocycles. The fourth-order valence-corrected chi connectivity index (χ4v) is 2.97. The van der Waals surface area contributed by atoms with E-state index in [0.29, 0.717) is 17.7 Å². The molecule has 2 amide bonds. The average molecular weight is 431 g/mol. The summed E-state index contributed by atoms with van der Waals surface area (Å²) in [6.07, 6.45) is 3.74. The van der Waals surface area contributed by atoms with Crippen LogP contribution >= 0.6 is 0 Å². The molecule has 0 bridgehead atoms. The highest BCUT2D eigenvalue weighted by molar-refractivity contribution is 5.94. The summed E-state index contributed by atoms with van der Waals surface area (Å²) >= 11 is 0. The third-order valence-corrected chi connectivity index (χ3v) is 4.54. The van der Waals surface area contributed by atoms with Gasteiger partial charge in [0.1, 0.15) is 11.8 Å². The van der Waals surface area contributed by atoms with Crippen LogP contribution in [0.3, 0.4) is 0 Å². The van der Waals surface area contributed by atoms with Crippen molar-refractivity contribution in [2.24, 2.45) is 5.92 Å². The lowest BCUT2D eigenvalue weighted by Gasteiger charge is -2.22. The molecule has 10 nitrogen and oxygen atoms in total. The molecule has 0 unspecified atom stereocenters. The Balaban J connectivity index is 1.92. The number of aromatic nitrogens is 2. The standard InChI is InChI=1S/C21H29N5O5/c1-13(2)9-18(21(30)31)26-20(29)17(10-15-11-22-12-25-15)23-7-8-24-19(28)14-3-5-16(27)6-4-14/h3-6,11-13,17-18,23,27H,7-10H2,1-2H3,(H,22,25)(H,24,28)(H,26,29)(H,30,31)/t17-,18-/m0/s1. The van der Waals surface area contributed by atoms with E-state index in [1.54, 1.807) is 6.20 Å². The Kier molecular flexibility index (Phi) is 9.01. The second kappa shape index (κ2) is 11.7. The Hall–Kier alpha value is -3.40. The predicted molar refractivity (Wildman–Crippen MR) is 114 cm³/mol. The Morgan fingerprint density at radius 2 is 1.81 bits per heavy atom. The van der Waals surface area contributed by atoms with Crippen molar-refractivity contribution in [3.05, 3.63) is 48.0 Å². The predicted octanol–water partition coefficient (Wildman–Crippen LogP) is 0.662. The van der Waals surface area contributed by atoms with Crippen molar-refractivity contribution in [1.82, 2.24) is 25.9 Å². The lowest BCUT2D eigenvalue weighted by molar-refractivity contribution is -0.142. The van der Waals surface area contributed by atoms with E-state index in [2.05, 4.69) is 25.9 Å². The highest BCUT2D eigenvalue weighted by Gasteiger charge is 2.26. The van der Waals surface area contributed by atoms with Crippen LogP contribution in [0, 0.1) is 5.92 Å². The average Bonchev–Trinajstić information content (AvgIpc) is 3.22. The van der Waals surface area contributed by atoms with Gasteiger partial charge in [-0.15, -0.1) is 0 Å². The first-order valence-corrected chi connectivity index (χ1v) is 10.1. The van der Waals surface area contributed by atoms with Gasteiger partial charge in [0.15, 0.2) is 0 Å². The zero-order valence-corrected chi connectivity index (χ0v) is 17.6. The molecule has 6 N–H and O–H groups in total. The molecule has 1 aromatic carbocycles. The van der Waals surface area contributed by atoms with Gasteiger partial charge in [-0.3, -0.25) is 9.59 Å². The molecule has 0 spiro atoms. The summed E-state index contributed by atoms with van der Waals surface area (Å²) in [6, 6.07) is 4.16. The number of hydrogen-bond acceptors (Lipinski definition) is 6. The molecule has 2 aromatic rings. The molecule has 10 heteroatoms. The summed E-state index contributed by atoms with van der Waals surface area (Å²) in [5.41, 5.74) is 1.05. The number of amides is 2. The van der Waals surface area contributed by atoms with Gasteiger partial charge >= 0.3 is 5.97 Å². The monoisotopic (exact) mass is 431 g/mol. The smallest absolute Gasteiger partial charge is 0.326 e. The summed E-state index contributed by atoms with van der Waals surface area (Å²) in [7, 11) is 0. The van der Waals surface area contributed by atoms with Crippen molar-refractivity contribution in [2.45, 2.75) is 38.8 Å². The number of nitrogens with one attached hydrogen (secondary N) is 4. The number of imidazole rings is 1. The van der Waals surface area contributed by atoms with Crippen molar-refractivity contribution >= 4 is 17.8 Å². The third kappa shape index (κ3) is 8.09. The molecule has 2 atom stereocenters. The minimum absolute atomic E-state index is 0.0718. The molecule has 168 valence electrons.